The Morgan fingerprint density at radius 3 is 1.95 bits per heavy atom. The Balaban J connectivity index is 1.44. The maximum Gasteiger partial charge on any atom is 0.235 e. The molecule has 0 fully saturated rings. The Hall–Kier alpha value is -5.28. The molecule has 0 N–H and O–H groups in total. The zero-order chi connectivity index (χ0) is 25.8. The highest BCUT2D eigenvalue weighted by molar-refractivity contribution is 6.13. The van der Waals surface area contributed by atoms with E-state index in [1.165, 1.54) is 32.7 Å². The number of fused-ring (bicyclic) bond motifs is 5. The fourth-order valence-corrected chi connectivity index (χ4v) is 5.73. The summed E-state index contributed by atoms with van der Waals surface area (Å²) >= 11 is 0. The normalized spacial score (nSPS) is 11.6. The molecule has 3 heteroatoms. The second kappa shape index (κ2) is 8.64. The molecule has 182 valence electrons. The van der Waals surface area contributed by atoms with E-state index >= 15 is 0 Å². The van der Waals surface area contributed by atoms with Crippen LogP contribution in [-0.2, 0) is 0 Å². The van der Waals surface area contributed by atoms with Crippen LogP contribution in [0.15, 0.2) is 140 Å². The van der Waals surface area contributed by atoms with Crippen LogP contribution in [0, 0.1) is 0 Å². The van der Waals surface area contributed by atoms with Gasteiger partial charge in [-0.3, -0.25) is 4.57 Å². The predicted octanol–water partition coefficient (Wildman–Crippen LogP) is 9.21. The molecular formula is C36H23N3. The molecule has 0 aliphatic carbocycles. The fraction of sp³-hybridized carbons (Fsp3) is 0. The summed E-state index contributed by atoms with van der Waals surface area (Å²) in [5.74, 6) is 0.676. The molecule has 0 saturated heterocycles. The van der Waals surface area contributed by atoms with Crippen LogP contribution in [0.2, 0.25) is 0 Å². The molecule has 0 aliphatic heterocycles. The van der Waals surface area contributed by atoms with Gasteiger partial charge in [-0.1, -0.05) is 109 Å². The van der Waals surface area contributed by atoms with E-state index in [9.17, 15) is 0 Å². The second-order valence-corrected chi connectivity index (χ2v) is 9.91. The highest BCUT2D eigenvalue weighted by Gasteiger charge is 2.18. The first-order chi connectivity index (χ1) is 19.3. The van der Waals surface area contributed by atoms with Gasteiger partial charge < -0.3 is 0 Å². The maximum atomic E-state index is 5.28. The molecule has 0 radical (unpaired) electrons. The van der Waals surface area contributed by atoms with Crippen molar-refractivity contribution in [2.24, 2.45) is 0 Å². The van der Waals surface area contributed by atoms with Gasteiger partial charge in [0.25, 0.3) is 0 Å². The third-order valence-corrected chi connectivity index (χ3v) is 7.57. The van der Waals surface area contributed by atoms with Gasteiger partial charge in [-0.25, -0.2) is 9.97 Å². The first-order valence-corrected chi connectivity index (χ1v) is 13.2. The molecule has 0 atom stereocenters. The highest BCUT2D eigenvalue weighted by atomic mass is 15.2. The van der Waals surface area contributed by atoms with Crippen molar-refractivity contribution >= 4 is 43.5 Å². The van der Waals surface area contributed by atoms with Crippen LogP contribution in [0.4, 0.5) is 0 Å². The summed E-state index contributed by atoms with van der Waals surface area (Å²) < 4.78 is 2.22. The first-order valence-electron chi connectivity index (χ1n) is 13.2. The van der Waals surface area contributed by atoms with E-state index in [2.05, 4.69) is 132 Å². The van der Waals surface area contributed by atoms with Crippen molar-refractivity contribution in [3.8, 4) is 28.3 Å². The van der Waals surface area contributed by atoms with Crippen LogP contribution in [0.5, 0.6) is 0 Å². The lowest BCUT2D eigenvalue weighted by Gasteiger charge is -2.13. The van der Waals surface area contributed by atoms with Crippen LogP contribution in [0.3, 0.4) is 0 Å². The van der Waals surface area contributed by atoms with Crippen LogP contribution in [0.1, 0.15) is 0 Å². The zero-order valence-corrected chi connectivity index (χ0v) is 21.1. The van der Waals surface area contributed by atoms with E-state index in [0.29, 0.717) is 5.95 Å². The summed E-state index contributed by atoms with van der Waals surface area (Å²) in [5, 5.41) is 5.87. The molecule has 3 nitrogen and oxygen atoms in total. The third kappa shape index (κ3) is 3.52. The Labute approximate surface area is 225 Å². The van der Waals surface area contributed by atoms with E-state index in [1.807, 2.05) is 12.1 Å². The van der Waals surface area contributed by atoms with Crippen molar-refractivity contribution in [2.45, 2.75) is 0 Å². The largest absolute Gasteiger partial charge is 0.278 e. The number of aromatic nitrogens is 3. The van der Waals surface area contributed by atoms with Crippen molar-refractivity contribution in [1.29, 1.82) is 0 Å². The minimum atomic E-state index is 0.676. The van der Waals surface area contributed by atoms with Crippen molar-refractivity contribution in [3.63, 3.8) is 0 Å². The van der Waals surface area contributed by atoms with Gasteiger partial charge in [-0.2, -0.15) is 0 Å². The fourth-order valence-electron chi connectivity index (χ4n) is 5.73. The molecule has 2 aromatic heterocycles. The SMILES string of the molecule is c1ccc(-c2cccc(-c3nc(-n4c5ccccc5c5cc6ccccc6cc54)nc4ccccc34)c2)cc1. The van der Waals surface area contributed by atoms with E-state index in [1.54, 1.807) is 0 Å². The summed E-state index contributed by atoms with van der Waals surface area (Å²) in [6, 6.07) is 49.0. The first kappa shape index (κ1) is 21.8. The summed E-state index contributed by atoms with van der Waals surface area (Å²) in [6.07, 6.45) is 0. The summed E-state index contributed by atoms with van der Waals surface area (Å²) in [5.41, 5.74) is 7.49. The summed E-state index contributed by atoms with van der Waals surface area (Å²) in [4.78, 5) is 10.4. The lowest BCUT2D eigenvalue weighted by atomic mass is 10.00. The van der Waals surface area contributed by atoms with Crippen molar-refractivity contribution in [3.05, 3.63) is 140 Å². The van der Waals surface area contributed by atoms with E-state index in [4.69, 9.17) is 9.97 Å². The Morgan fingerprint density at radius 1 is 0.410 bits per heavy atom. The van der Waals surface area contributed by atoms with Gasteiger partial charge in [0, 0.05) is 21.7 Å². The second-order valence-electron chi connectivity index (χ2n) is 9.91. The highest BCUT2D eigenvalue weighted by Crippen LogP contribution is 2.36. The van der Waals surface area contributed by atoms with Gasteiger partial charge in [-0.05, 0) is 52.2 Å². The van der Waals surface area contributed by atoms with E-state index < -0.39 is 0 Å². The molecule has 39 heavy (non-hydrogen) atoms. The van der Waals surface area contributed by atoms with Crippen molar-refractivity contribution in [2.75, 3.05) is 0 Å². The molecule has 2 heterocycles. The van der Waals surface area contributed by atoms with Crippen molar-refractivity contribution in [1.82, 2.24) is 14.5 Å². The number of hydrogen-bond donors (Lipinski definition) is 0. The third-order valence-electron chi connectivity index (χ3n) is 7.57. The van der Waals surface area contributed by atoms with Crippen LogP contribution in [0.25, 0.3) is 71.8 Å². The standard InChI is InChI=1S/C36H23N3/c1-2-11-24(12-3-1)25-15-10-16-28(21-25)35-30-18-6-8-19-32(30)37-36(38-35)39-33-20-9-7-17-29(33)31-22-26-13-4-5-14-27(26)23-34(31)39/h1-23H. The van der Waals surface area contributed by atoms with Gasteiger partial charge in [-0.15, -0.1) is 0 Å². The van der Waals surface area contributed by atoms with Gasteiger partial charge in [0.1, 0.15) is 0 Å². The topological polar surface area (TPSA) is 30.7 Å². The zero-order valence-electron chi connectivity index (χ0n) is 21.1. The molecule has 6 aromatic carbocycles. The Kier molecular flexibility index (Phi) is 4.82. The quantitative estimate of drug-likeness (QED) is 0.244. The number of hydrogen-bond acceptors (Lipinski definition) is 2. The molecule has 0 unspecified atom stereocenters. The van der Waals surface area contributed by atoms with E-state index in [-0.39, 0.29) is 0 Å². The summed E-state index contributed by atoms with van der Waals surface area (Å²) in [7, 11) is 0. The van der Waals surface area contributed by atoms with Crippen LogP contribution >= 0.6 is 0 Å². The number of nitrogens with zero attached hydrogens (tertiary/aromatic N) is 3. The average molecular weight is 498 g/mol. The average Bonchev–Trinajstić information content (AvgIpc) is 3.33. The molecule has 8 rings (SSSR count). The van der Waals surface area contributed by atoms with E-state index in [0.717, 1.165) is 33.2 Å². The maximum absolute atomic E-state index is 5.28. The predicted molar refractivity (Wildman–Crippen MR) is 162 cm³/mol. The van der Waals surface area contributed by atoms with Gasteiger partial charge in [0.15, 0.2) is 0 Å². The van der Waals surface area contributed by atoms with Gasteiger partial charge >= 0.3 is 0 Å². The monoisotopic (exact) mass is 497 g/mol. The number of benzene rings is 6. The summed E-state index contributed by atoms with van der Waals surface area (Å²) in [6.45, 7) is 0. The Morgan fingerprint density at radius 2 is 1.08 bits per heavy atom. The van der Waals surface area contributed by atoms with Gasteiger partial charge in [0.2, 0.25) is 5.95 Å². The molecule has 0 bridgehead atoms. The number of rotatable bonds is 3. The number of para-hydroxylation sites is 2. The smallest absolute Gasteiger partial charge is 0.235 e. The minimum absolute atomic E-state index is 0.676. The lowest BCUT2D eigenvalue weighted by molar-refractivity contribution is 1.01. The van der Waals surface area contributed by atoms with Crippen LogP contribution < -0.4 is 0 Å². The molecule has 0 amide bonds. The molecule has 8 aromatic rings. The molecule has 0 saturated carbocycles. The van der Waals surface area contributed by atoms with Gasteiger partial charge in [0.05, 0.1) is 22.2 Å². The molecular weight excluding hydrogens is 474 g/mol. The Bertz CT molecular complexity index is 2170. The van der Waals surface area contributed by atoms with Crippen molar-refractivity contribution < 1.29 is 0 Å². The molecule has 0 spiro atoms. The lowest BCUT2D eigenvalue weighted by Crippen LogP contribution is -2.03. The minimum Gasteiger partial charge on any atom is -0.278 e. The van der Waals surface area contributed by atoms with Crippen LogP contribution in [-0.4, -0.2) is 14.5 Å². The molecule has 0 aliphatic rings.